The van der Waals surface area contributed by atoms with Gasteiger partial charge < -0.3 is 4.74 Å². The Morgan fingerprint density at radius 2 is 1.95 bits per heavy atom. The molecule has 1 amide bonds. The van der Waals surface area contributed by atoms with Crippen molar-refractivity contribution in [3.05, 3.63) is 42.0 Å². The topological polar surface area (TPSA) is 46.6 Å². The van der Waals surface area contributed by atoms with E-state index >= 15 is 0 Å². The van der Waals surface area contributed by atoms with Crippen LogP contribution in [0.15, 0.2) is 36.4 Å². The van der Waals surface area contributed by atoms with E-state index in [1.165, 1.54) is 6.08 Å². The van der Waals surface area contributed by atoms with Crippen molar-refractivity contribution in [1.29, 1.82) is 0 Å². The van der Waals surface area contributed by atoms with Crippen LogP contribution in [0.2, 0.25) is 0 Å². The van der Waals surface area contributed by atoms with Crippen LogP contribution < -0.4 is 4.90 Å². The second-order valence-electron chi connectivity index (χ2n) is 5.77. The minimum atomic E-state index is -0.548. The molecule has 4 heteroatoms. The number of anilines is 1. The third kappa shape index (κ3) is 3.47. The van der Waals surface area contributed by atoms with Crippen molar-refractivity contribution in [2.75, 3.05) is 11.4 Å². The molecule has 0 radical (unpaired) electrons. The lowest BCUT2D eigenvalue weighted by molar-refractivity contribution is -0.114. The summed E-state index contributed by atoms with van der Waals surface area (Å²) in [5, 5.41) is 0. The van der Waals surface area contributed by atoms with Crippen LogP contribution in [0, 0.1) is 0 Å². The van der Waals surface area contributed by atoms with Gasteiger partial charge in [-0.25, -0.2) is 4.79 Å². The van der Waals surface area contributed by atoms with E-state index < -0.39 is 11.7 Å². The molecule has 0 saturated carbocycles. The molecule has 1 aromatic rings. The fourth-order valence-electron chi connectivity index (χ4n) is 2.05. The van der Waals surface area contributed by atoms with Crippen molar-refractivity contribution < 1.29 is 14.3 Å². The summed E-state index contributed by atoms with van der Waals surface area (Å²) in [5.74, 6) is 0.0429. The number of rotatable bonds is 0. The second kappa shape index (κ2) is 5.49. The fourth-order valence-corrected chi connectivity index (χ4v) is 2.05. The summed E-state index contributed by atoms with van der Waals surface area (Å²) in [5.41, 5.74) is 1.03. The normalized spacial score (nSPS) is 16.9. The van der Waals surface area contributed by atoms with Gasteiger partial charge in [0.05, 0.1) is 5.69 Å². The van der Waals surface area contributed by atoms with Crippen LogP contribution in [0.4, 0.5) is 10.5 Å². The lowest BCUT2D eigenvalue weighted by Gasteiger charge is -2.28. The van der Waals surface area contributed by atoms with Crippen LogP contribution >= 0.6 is 0 Å². The summed E-state index contributed by atoms with van der Waals surface area (Å²) in [6.45, 7) is 5.83. The molecular weight excluding hydrogens is 254 g/mol. The lowest BCUT2D eigenvalue weighted by atomic mass is 10.0. The Hall–Kier alpha value is -2.10. The number of carbonyl (C=O) groups excluding carboxylic acids is 2. The van der Waals surface area contributed by atoms with E-state index in [0.717, 1.165) is 11.3 Å². The molecule has 0 spiro atoms. The maximum absolute atomic E-state index is 12.3. The van der Waals surface area contributed by atoms with E-state index in [1.54, 1.807) is 11.0 Å². The number of benzene rings is 1. The van der Waals surface area contributed by atoms with Crippen molar-refractivity contribution >= 4 is 17.6 Å². The monoisotopic (exact) mass is 273 g/mol. The van der Waals surface area contributed by atoms with E-state index in [4.69, 9.17) is 4.74 Å². The van der Waals surface area contributed by atoms with Crippen molar-refractivity contribution in [3.8, 4) is 0 Å². The summed E-state index contributed by atoms with van der Waals surface area (Å²) >= 11 is 0. The molecule has 4 nitrogen and oxygen atoms in total. The number of allylic oxidation sites excluding steroid dienone is 1. The van der Waals surface area contributed by atoms with E-state index in [9.17, 15) is 9.59 Å². The van der Waals surface area contributed by atoms with Crippen molar-refractivity contribution in [3.63, 3.8) is 0 Å². The molecule has 0 saturated heterocycles. The smallest absolute Gasteiger partial charge is 0.415 e. The quantitative estimate of drug-likeness (QED) is 0.729. The van der Waals surface area contributed by atoms with Gasteiger partial charge in [0, 0.05) is 13.0 Å². The molecule has 0 unspecified atom stereocenters. The maximum atomic E-state index is 12.3. The van der Waals surface area contributed by atoms with E-state index in [1.807, 2.05) is 45.0 Å². The first-order valence-electron chi connectivity index (χ1n) is 6.64. The Morgan fingerprint density at radius 3 is 2.65 bits per heavy atom. The molecule has 0 fully saturated rings. The van der Waals surface area contributed by atoms with E-state index in [-0.39, 0.29) is 5.78 Å². The lowest BCUT2D eigenvalue weighted by Crippen LogP contribution is -2.38. The molecular formula is C16H19NO3. The van der Waals surface area contributed by atoms with Gasteiger partial charge in [-0.1, -0.05) is 24.3 Å². The van der Waals surface area contributed by atoms with Crippen LogP contribution in [0.3, 0.4) is 0 Å². The van der Waals surface area contributed by atoms with Crippen LogP contribution in [0.25, 0.3) is 0 Å². The molecule has 0 atom stereocenters. The number of amides is 1. The van der Waals surface area contributed by atoms with Crippen molar-refractivity contribution in [2.45, 2.75) is 32.8 Å². The van der Waals surface area contributed by atoms with Gasteiger partial charge in [0.15, 0.2) is 5.78 Å². The summed E-state index contributed by atoms with van der Waals surface area (Å²) in [4.78, 5) is 25.5. The molecule has 1 aromatic carbocycles. The molecule has 0 aliphatic carbocycles. The van der Waals surface area contributed by atoms with Gasteiger partial charge in [-0.2, -0.15) is 0 Å². The minimum Gasteiger partial charge on any atom is -0.443 e. The number of hydrogen-bond acceptors (Lipinski definition) is 3. The predicted molar refractivity (Wildman–Crippen MR) is 77.9 cm³/mol. The highest BCUT2D eigenvalue weighted by Crippen LogP contribution is 2.24. The summed E-state index contributed by atoms with van der Waals surface area (Å²) in [6.07, 6.45) is 3.12. The Bertz CT molecular complexity index is 555. The van der Waals surface area contributed by atoms with Crippen LogP contribution in [0.5, 0.6) is 0 Å². The number of ketones is 1. The number of hydrogen-bond donors (Lipinski definition) is 0. The zero-order chi connectivity index (χ0) is 14.8. The van der Waals surface area contributed by atoms with Crippen LogP contribution in [0.1, 0.15) is 26.3 Å². The third-order valence-electron chi connectivity index (χ3n) is 2.85. The van der Waals surface area contributed by atoms with Gasteiger partial charge in [0.2, 0.25) is 0 Å². The van der Waals surface area contributed by atoms with Crippen molar-refractivity contribution in [1.82, 2.24) is 0 Å². The minimum absolute atomic E-state index is 0.0429. The maximum Gasteiger partial charge on any atom is 0.415 e. The SMILES string of the molecule is CC(C)(C)OC(=O)N1C/C=C\C(=O)Cc2ccccc21. The van der Waals surface area contributed by atoms with Gasteiger partial charge in [-0.05, 0) is 38.5 Å². The van der Waals surface area contributed by atoms with E-state index in [0.29, 0.717) is 13.0 Å². The highest BCUT2D eigenvalue weighted by Gasteiger charge is 2.25. The standard InChI is InChI=1S/C16H19NO3/c1-16(2,3)20-15(19)17-10-6-8-13(18)11-12-7-4-5-9-14(12)17/h4-9H,10-11H2,1-3H3/b8-6-. The zero-order valence-corrected chi connectivity index (χ0v) is 12.1. The Balaban J connectivity index is 2.35. The molecule has 2 rings (SSSR count). The molecule has 0 N–H and O–H groups in total. The highest BCUT2D eigenvalue weighted by molar-refractivity contribution is 5.96. The first-order chi connectivity index (χ1) is 9.37. The third-order valence-corrected chi connectivity index (χ3v) is 2.85. The van der Waals surface area contributed by atoms with Crippen LogP contribution in [-0.2, 0) is 16.0 Å². The van der Waals surface area contributed by atoms with Gasteiger partial charge >= 0.3 is 6.09 Å². The van der Waals surface area contributed by atoms with Gasteiger partial charge in [-0.15, -0.1) is 0 Å². The average molecular weight is 273 g/mol. The number of nitrogens with zero attached hydrogens (tertiary/aromatic N) is 1. The number of para-hydroxylation sites is 1. The molecule has 106 valence electrons. The van der Waals surface area contributed by atoms with Gasteiger partial charge in [-0.3, -0.25) is 9.69 Å². The Morgan fingerprint density at radius 1 is 1.25 bits per heavy atom. The Kier molecular flexibility index (Phi) is 3.93. The molecule has 20 heavy (non-hydrogen) atoms. The number of fused-ring (bicyclic) bond motifs is 1. The molecule has 1 aliphatic rings. The second-order valence-corrected chi connectivity index (χ2v) is 5.77. The average Bonchev–Trinajstić information content (AvgIpc) is 2.31. The van der Waals surface area contributed by atoms with E-state index in [2.05, 4.69) is 0 Å². The molecule has 0 aromatic heterocycles. The number of carbonyl (C=O) groups is 2. The van der Waals surface area contributed by atoms with Crippen LogP contribution in [-0.4, -0.2) is 24.0 Å². The molecule has 1 heterocycles. The summed E-state index contributed by atoms with van der Waals surface area (Å²) in [6, 6.07) is 7.42. The molecule has 0 bridgehead atoms. The Labute approximate surface area is 119 Å². The summed E-state index contributed by atoms with van der Waals surface area (Å²) < 4.78 is 5.43. The number of ether oxygens (including phenoxy) is 1. The van der Waals surface area contributed by atoms with Gasteiger partial charge in [0.25, 0.3) is 0 Å². The summed E-state index contributed by atoms with van der Waals surface area (Å²) in [7, 11) is 0. The zero-order valence-electron chi connectivity index (χ0n) is 12.1. The largest absolute Gasteiger partial charge is 0.443 e. The highest BCUT2D eigenvalue weighted by atomic mass is 16.6. The van der Waals surface area contributed by atoms with Crippen molar-refractivity contribution in [2.24, 2.45) is 0 Å². The first-order valence-corrected chi connectivity index (χ1v) is 6.64. The first kappa shape index (κ1) is 14.3. The predicted octanol–water partition coefficient (Wildman–Crippen LogP) is 3.11. The molecule has 1 aliphatic heterocycles. The van der Waals surface area contributed by atoms with Gasteiger partial charge in [0.1, 0.15) is 5.60 Å². The fraction of sp³-hybridized carbons (Fsp3) is 0.375.